The third-order valence-corrected chi connectivity index (χ3v) is 3.34. The summed E-state index contributed by atoms with van der Waals surface area (Å²) >= 11 is 0. The number of nitrogens with one attached hydrogen (secondary N) is 2. The molecule has 7 nitrogen and oxygen atoms in total. The number of rotatable bonds is 8. The fraction of sp³-hybridized carbons (Fsp3) is 0.211. The van der Waals surface area contributed by atoms with Gasteiger partial charge in [0.15, 0.2) is 18.1 Å². The Morgan fingerprint density at radius 3 is 2.58 bits per heavy atom. The molecule has 0 saturated heterocycles. The molecule has 0 aliphatic heterocycles. The van der Waals surface area contributed by atoms with Crippen LogP contribution in [0.3, 0.4) is 0 Å². The lowest BCUT2D eigenvalue weighted by Crippen LogP contribution is -2.28. The highest BCUT2D eigenvalue weighted by atomic mass is 16.5. The molecule has 0 aromatic heterocycles. The molecule has 0 unspecified atom stereocenters. The summed E-state index contributed by atoms with van der Waals surface area (Å²) in [6, 6.07) is 13.9. The van der Waals surface area contributed by atoms with Gasteiger partial charge in [0, 0.05) is 12.1 Å². The number of carbonyl (C=O) groups excluding carboxylic acids is 2. The third-order valence-electron chi connectivity index (χ3n) is 3.34. The Morgan fingerprint density at radius 1 is 1.12 bits per heavy atom. The summed E-state index contributed by atoms with van der Waals surface area (Å²) in [5.74, 6) is 0.413. The summed E-state index contributed by atoms with van der Waals surface area (Å²) in [5, 5.41) is 6.59. The first-order valence-corrected chi connectivity index (χ1v) is 8.10. The number of benzene rings is 2. The molecular formula is C19H21N3O4. The van der Waals surface area contributed by atoms with Crippen molar-refractivity contribution >= 4 is 18.0 Å². The van der Waals surface area contributed by atoms with Crippen molar-refractivity contribution in [2.24, 2.45) is 5.10 Å². The van der Waals surface area contributed by atoms with Gasteiger partial charge in [-0.05, 0) is 42.8 Å². The van der Waals surface area contributed by atoms with E-state index < -0.39 is 0 Å². The number of methoxy groups -OCH3 is 1. The van der Waals surface area contributed by atoms with E-state index in [2.05, 4.69) is 15.8 Å². The van der Waals surface area contributed by atoms with Crippen LogP contribution in [-0.2, 0) is 4.79 Å². The van der Waals surface area contributed by atoms with Crippen molar-refractivity contribution in [2.75, 3.05) is 20.3 Å². The van der Waals surface area contributed by atoms with Gasteiger partial charge in [-0.15, -0.1) is 0 Å². The van der Waals surface area contributed by atoms with Gasteiger partial charge in [-0.25, -0.2) is 5.43 Å². The SMILES string of the molecule is CCNC(=O)COc1ccc(/C=N\NC(=O)c2ccccc2)cc1OC. The Balaban J connectivity index is 1.97. The van der Waals surface area contributed by atoms with E-state index in [0.29, 0.717) is 29.2 Å². The second kappa shape index (κ2) is 9.83. The lowest BCUT2D eigenvalue weighted by atomic mass is 10.2. The molecule has 0 saturated carbocycles. The van der Waals surface area contributed by atoms with E-state index in [-0.39, 0.29) is 18.4 Å². The van der Waals surface area contributed by atoms with Crippen LogP contribution in [0.25, 0.3) is 0 Å². The number of hydrogen-bond acceptors (Lipinski definition) is 5. The van der Waals surface area contributed by atoms with Crippen LogP contribution in [0.5, 0.6) is 11.5 Å². The molecule has 0 atom stereocenters. The molecule has 2 rings (SSSR count). The van der Waals surface area contributed by atoms with Gasteiger partial charge in [0.05, 0.1) is 13.3 Å². The van der Waals surface area contributed by atoms with Gasteiger partial charge >= 0.3 is 0 Å². The smallest absolute Gasteiger partial charge is 0.271 e. The molecule has 2 amide bonds. The first-order chi connectivity index (χ1) is 12.6. The Morgan fingerprint density at radius 2 is 1.88 bits per heavy atom. The largest absolute Gasteiger partial charge is 0.493 e. The number of amides is 2. The van der Waals surface area contributed by atoms with Crippen molar-refractivity contribution in [2.45, 2.75) is 6.92 Å². The number of hydrazone groups is 1. The van der Waals surface area contributed by atoms with Crippen molar-refractivity contribution < 1.29 is 19.1 Å². The Labute approximate surface area is 152 Å². The zero-order valence-corrected chi connectivity index (χ0v) is 14.7. The number of ether oxygens (including phenoxy) is 2. The number of hydrogen-bond donors (Lipinski definition) is 2. The molecule has 0 bridgehead atoms. The zero-order valence-electron chi connectivity index (χ0n) is 14.7. The number of carbonyl (C=O) groups is 2. The molecule has 2 aromatic rings. The Kier molecular flexibility index (Phi) is 7.17. The molecular weight excluding hydrogens is 334 g/mol. The maximum Gasteiger partial charge on any atom is 0.271 e. The molecule has 26 heavy (non-hydrogen) atoms. The predicted molar refractivity (Wildman–Crippen MR) is 98.7 cm³/mol. The minimum Gasteiger partial charge on any atom is -0.493 e. The summed E-state index contributed by atoms with van der Waals surface area (Å²) in [5.41, 5.74) is 3.69. The molecule has 0 heterocycles. The fourth-order valence-corrected chi connectivity index (χ4v) is 2.09. The molecule has 136 valence electrons. The predicted octanol–water partition coefficient (Wildman–Crippen LogP) is 1.97. The maximum atomic E-state index is 11.9. The monoisotopic (exact) mass is 355 g/mol. The molecule has 2 aromatic carbocycles. The second-order valence-corrected chi connectivity index (χ2v) is 5.22. The fourth-order valence-electron chi connectivity index (χ4n) is 2.09. The van der Waals surface area contributed by atoms with Gasteiger partial charge in [0.25, 0.3) is 11.8 Å². The van der Waals surface area contributed by atoms with Crippen molar-refractivity contribution in [3.63, 3.8) is 0 Å². The van der Waals surface area contributed by atoms with Gasteiger partial charge in [-0.3, -0.25) is 9.59 Å². The van der Waals surface area contributed by atoms with E-state index in [0.717, 1.165) is 0 Å². The third kappa shape index (κ3) is 5.62. The zero-order chi connectivity index (χ0) is 18.8. The van der Waals surface area contributed by atoms with Gasteiger partial charge in [-0.2, -0.15) is 5.10 Å². The summed E-state index contributed by atoms with van der Waals surface area (Å²) in [4.78, 5) is 23.4. The summed E-state index contributed by atoms with van der Waals surface area (Å²) in [7, 11) is 1.51. The second-order valence-electron chi connectivity index (χ2n) is 5.22. The minimum absolute atomic E-state index is 0.0925. The highest BCUT2D eigenvalue weighted by molar-refractivity contribution is 5.94. The minimum atomic E-state index is -0.296. The molecule has 0 aliphatic rings. The highest BCUT2D eigenvalue weighted by Gasteiger charge is 2.08. The summed E-state index contributed by atoms with van der Waals surface area (Å²) in [6.45, 7) is 2.29. The van der Waals surface area contributed by atoms with Crippen LogP contribution in [0.1, 0.15) is 22.8 Å². The maximum absolute atomic E-state index is 11.9. The van der Waals surface area contributed by atoms with E-state index in [9.17, 15) is 9.59 Å². The average Bonchev–Trinajstić information content (AvgIpc) is 2.67. The van der Waals surface area contributed by atoms with Crippen molar-refractivity contribution in [1.29, 1.82) is 0 Å². The van der Waals surface area contributed by atoms with Crippen molar-refractivity contribution in [3.05, 3.63) is 59.7 Å². The summed E-state index contributed by atoms with van der Waals surface area (Å²) < 4.78 is 10.7. The average molecular weight is 355 g/mol. The van der Waals surface area contributed by atoms with Crippen LogP contribution >= 0.6 is 0 Å². The van der Waals surface area contributed by atoms with Gasteiger partial charge in [0.2, 0.25) is 0 Å². The van der Waals surface area contributed by atoms with Crippen LogP contribution in [0, 0.1) is 0 Å². The lowest BCUT2D eigenvalue weighted by Gasteiger charge is -2.11. The van der Waals surface area contributed by atoms with Crippen LogP contribution in [-0.4, -0.2) is 38.3 Å². The van der Waals surface area contributed by atoms with Crippen LogP contribution in [0.4, 0.5) is 0 Å². The van der Waals surface area contributed by atoms with Gasteiger partial charge in [0.1, 0.15) is 0 Å². The van der Waals surface area contributed by atoms with E-state index >= 15 is 0 Å². The first-order valence-electron chi connectivity index (χ1n) is 8.10. The van der Waals surface area contributed by atoms with E-state index in [4.69, 9.17) is 9.47 Å². The first kappa shape index (κ1) is 19.0. The lowest BCUT2D eigenvalue weighted by molar-refractivity contribution is -0.123. The van der Waals surface area contributed by atoms with E-state index in [1.165, 1.54) is 13.3 Å². The van der Waals surface area contributed by atoms with E-state index in [1.807, 2.05) is 13.0 Å². The molecule has 0 fully saturated rings. The number of nitrogens with zero attached hydrogens (tertiary/aromatic N) is 1. The number of likely N-dealkylation sites (N-methyl/N-ethyl adjacent to an activating group) is 1. The quantitative estimate of drug-likeness (QED) is 0.560. The van der Waals surface area contributed by atoms with E-state index in [1.54, 1.807) is 42.5 Å². The molecule has 0 spiro atoms. The standard InChI is InChI=1S/C19H21N3O4/c1-3-20-18(23)13-26-16-10-9-14(11-17(16)25-2)12-21-22-19(24)15-7-5-4-6-8-15/h4-12H,3,13H2,1-2H3,(H,20,23)(H,22,24)/b21-12-. The Bertz CT molecular complexity index is 776. The highest BCUT2D eigenvalue weighted by Crippen LogP contribution is 2.27. The van der Waals surface area contributed by atoms with Crippen molar-refractivity contribution in [1.82, 2.24) is 10.7 Å². The molecule has 7 heteroatoms. The Hall–Kier alpha value is -3.35. The molecule has 0 aliphatic carbocycles. The normalized spacial score (nSPS) is 10.4. The van der Waals surface area contributed by atoms with Crippen molar-refractivity contribution in [3.8, 4) is 11.5 Å². The topological polar surface area (TPSA) is 89.0 Å². The summed E-state index contributed by atoms with van der Waals surface area (Å²) in [6.07, 6.45) is 1.50. The molecule has 2 N–H and O–H groups in total. The van der Waals surface area contributed by atoms with Crippen LogP contribution in [0.2, 0.25) is 0 Å². The van der Waals surface area contributed by atoms with Crippen LogP contribution < -0.4 is 20.2 Å². The molecule has 0 radical (unpaired) electrons. The van der Waals surface area contributed by atoms with Crippen LogP contribution in [0.15, 0.2) is 53.6 Å². The van der Waals surface area contributed by atoms with Gasteiger partial charge in [-0.1, -0.05) is 18.2 Å². The van der Waals surface area contributed by atoms with Gasteiger partial charge < -0.3 is 14.8 Å².